The summed E-state index contributed by atoms with van der Waals surface area (Å²) in [7, 11) is 3.41. The molecule has 0 radical (unpaired) electrons. The highest BCUT2D eigenvalue weighted by atomic mass is 35.5. The van der Waals surface area contributed by atoms with Crippen LogP contribution in [-0.2, 0) is 13.6 Å². The van der Waals surface area contributed by atoms with Crippen molar-refractivity contribution in [2.75, 3.05) is 7.11 Å². The van der Waals surface area contributed by atoms with Crippen LogP contribution in [0, 0.1) is 13.8 Å². The fourth-order valence-electron chi connectivity index (χ4n) is 2.82. The molecule has 0 spiro atoms. The molecule has 0 saturated heterocycles. The number of ketones is 1. The van der Waals surface area contributed by atoms with Crippen LogP contribution in [0.3, 0.4) is 0 Å². The molecule has 0 aliphatic rings. The number of rotatable bonds is 6. The van der Waals surface area contributed by atoms with E-state index in [2.05, 4.69) is 10.2 Å². The fourth-order valence-corrected chi connectivity index (χ4v) is 2.96. The molecule has 2 heterocycles. The van der Waals surface area contributed by atoms with Gasteiger partial charge in [-0.15, -0.1) is 0 Å². The summed E-state index contributed by atoms with van der Waals surface area (Å²) in [6, 6.07) is 7.45. The largest absolute Gasteiger partial charge is 0.496 e. The molecular formula is C20H21ClN4O2. The van der Waals surface area contributed by atoms with E-state index < -0.39 is 0 Å². The standard InChI is InChI=1S/C20H21ClN4O2/c1-13-20(21)14(2)25(22-13)12-16-11-15(6-8-19(16)27-4)5-7-18(26)17-9-10-24(3)23-17/h5-11H,12H2,1-4H3/b7-5+. The molecule has 0 saturated carbocycles. The van der Waals surface area contributed by atoms with Crippen LogP contribution < -0.4 is 4.74 Å². The number of aryl methyl sites for hydroxylation is 2. The first-order valence-corrected chi connectivity index (χ1v) is 8.85. The topological polar surface area (TPSA) is 61.9 Å². The Bertz CT molecular complexity index is 1020. The first-order chi connectivity index (χ1) is 12.9. The lowest BCUT2D eigenvalue weighted by Gasteiger charge is -2.11. The zero-order chi connectivity index (χ0) is 19.6. The van der Waals surface area contributed by atoms with Crippen LogP contribution in [0.4, 0.5) is 0 Å². The van der Waals surface area contributed by atoms with Crippen molar-refractivity contribution >= 4 is 23.5 Å². The summed E-state index contributed by atoms with van der Waals surface area (Å²) in [5.41, 5.74) is 3.96. The van der Waals surface area contributed by atoms with E-state index in [0.717, 1.165) is 28.3 Å². The van der Waals surface area contributed by atoms with E-state index in [0.29, 0.717) is 17.3 Å². The normalized spacial score (nSPS) is 11.3. The van der Waals surface area contributed by atoms with Crippen LogP contribution in [0.15, 0.2) is 36.5 Å². The zero-order valence-electron chi connectivity index (χ0n) is 15.7. The first-order valence-electron chi connectivity index (χ1n) is 8.47. The van der Waals surface area contributed by atoms with E-state index in [4.69, 9.17) is 16.3 Å². The number of hydrogen-bond donors (Lipinski definition) is 0. The number of nitrogens with zero attached hydrogens (tertiary/aromatic N) is 4. The number of ether oxygens (including phenoxy) is 1. The van der Waals surface area contributed by atoms with Gasteiger partial charge in [0.05, 0.1) is 30.1 Å². The molecule has 1 aromatic carbocycles. The molecule has 0 unspecified atom stereocenters. The summed E-state index contributed by atoms with van der Waals surface area (Å²) >= 11 is 6.24. The van der Waals surface area contributed by atoms with E-state index in [1.165, 1.54) is 6.08 Å². The average molecular weight is 385 g/mol. The lowest BCUT2D eigenvalue weighted by atomic mass is 10.1. The molecule has 0 N–H and O–H groups in total. The van der Waals surface area contributed by atoms with Crippen molar-refractivity contribution in [3.8, 4) is 5.75 Å². The van der Waals surface area contributed by atoms with Crippen molar-refractivity contribution in [1.82, 2.24) is 19.6 Å². The molecule has 0 aliphatic carbocycles. The average Bonchev–Trinajstić information content (AvgIpc) is 3.19. The Kier molecular flexibility index (Phi) is 5.46. The molecule has 3 aromatic rings. The molecule has 2 aromatic heterocycles. The second-order valence-electron chi connectivity index (χ2n) is 6.29. The maximum atomic E-state index is 12.2. The number of hydrogen-bond acceptors (Lipinski definition) is 4. The molecule has 27 heavy (non-hydrogen) atoms. The molecular weight excluding hydrogens is 364 g/mol. The quantitative estimate of drug-likeness (QED) is 0.478. The van der Waals surface area contributed by atoms with Crippen LogP contribution in [0.5, 0.6) is 5.75 Å². The molecule has 7 heteroatoms. The van der Waals surface area contributed by atoms with Crippen LogP contribution in [-0.4, -0.2) is 32.5 Å². The summed E-state index contributed by atoms with van der Waals surface area (Å²) in [5.74, 6) is 0.616. The highest BCUT2D eigenvalue weighted by molar-refractivity contribution is 6.31. The third-order valence-electron chi connectivity index (χ3n) is 4.31. The summed E-state index contributed by atoms with van der Waals surface area (Å²) < 4.78 is 8.92. The summed E-state index contributed by atoms with van der Waals surface area (Å²) in [5, 5.41) is 9.26. The molecule has 0 bridgehead atoms. The summed E-state index contributed by atoms with van der Waals surface area (Å²) in [4.78, 5) is 12.2. The first kappa shape index (κ1) is 18.9. The third-order valence-corrected chi connectivity index (χ3v) is 4.86. The third kappa shape index (κ3) is 4.11. The van der Waals surface area contributed by atoms with E-state index >= 15 is 0 Å². The summed E-state index contributed by atoms with van der Waals surface area (Å²) in [6.45, 7) is 4.34. The maximum Gasteiger partial charge on any atom is 0.206 e. The van der Waals surface area contributed by atoms with Crippen molar-refractivity contribution < 1.29 is 9.53 Å². The van der Waals surface area contributed by atoms with Crippen molar-refractivity contribution in [2.45, 2.75) is 20.4 Å². The van der Waals surface area contributed by atoms with Crippen molar-refractivity contribution in [1.29, 1.82) is 0 Å². The Balaban J connectivity index is 1.85. The summed E-state index contributed by atoms with van der Waals surface area (Å²) in [6.07, 6.45) is 5.04. The number of aromatic nitrogens is 4. The molecule has 140 valence electrons. The maximum absolute atomic E-state index is 12.2. The van der Waals surface area contributed by atoms with Gasteiger partial charge in [-0.3, -0.25) is 14.2 Å². The van der Waals surface area contributed by atoms with Crippen LogP contribution in [0.1, 0.15) is 33.0 Å². The van der Waals surface area contributed by atoms with Crippen LogP contribution in [0.2, 0.25) is 5.02 Å². The Morgan fingerprint density at radius 1 is 1.26 bits per heavy atom. The van der Waals surface area contributed by atoms with E-state index in [1.54, 1.807) is 37.2 Å². The van der Waals surface area contributed by atoms with Gasteiger partial charge in [-0.1, -0.05) is 23.7 Å². The van der Waals surface area contributed by atoms with E-state index in [9.17, 15) is 4.79 Å². The highest BCUT2D eigenvalue weighted by Gasteiger charge is 2.12. The highest BCUT2D eigenvalue weighted by Crippen LogP contribution is 2.25. The van der Waals surface area contributed by atoms with Gasteiger partial charge in [0, 0.05) is 18.8 Å². The predicted octanol–water partition coefficient (Wildman–Crippen LogP) is 3.84. The van der Waals surface area contributed by atoms with Gasteiger partial charge in [-0.05, 0) is 43.7 Å². The lowest BCUT2D eigenvalue weighted by molar-refractivity contribution is 0.104. The van der Waals surface area contributed by atoms with Crippen molar-refractivity contribution in [2.24, 2.45) is 7.05 Å². The second kappa shape index (κ2) is 7.80. The Morgan fingerprint density at radius 2 is 2.04 bits per heavy atom. The number of carbonyl (C=O) groups excluding carboxylic acids is 1. The van der Waals surface area contributed by atoms with Gasteiger partial charge in [0.2, 0.25) is 5.78 Å². The molecule has 0 fully saturated rings. The van der Waals surface area contributed by atoms with E-state index in [-0.39, 0.29) is 5.78 Å². The van der Waals surface area contributed by atoms with Crippen molar-refractivity contribution in [3.63, 3.8) is 0 Å². The zero-order valence-corrected chi connectivity index (χ0v) is 16.5. The number of methoxy groups -OCH3 is 1. The van der Waals surface area contributed by atoms with Gasteiger partial charge in [-0.25, -0.2) is 0 Å². The number of benzene rings is 1. The Morgan fingerprint density at radius 3 is 2.63 bits per heavy atom. The Labute approximate surface area is 163 Å². The van der Waals surface area contributed by atoms with Gasteiger partial charge < -0.3 is 4.74 Å². The van der Waals surface area contributed by atoms with Gasteiger partial charge in [0.25, 0.3) is 0 Å². The minimum Gasteiger partial charge on any atom is -0.496 e. The van der Waals surface area contributed by atoms with Crippen molar-refractivity contribution in [3.05, 3.63) is 69.8 Å². The smallest absolute Gasteiger partial charge is 0.206 e. The number of halogens is 1. The van der Waals surface area contributed by atoms with Crippen LogP contribution >= 0.6 is 11.6 Å². The molecule has 0 amide bonds. The van der Waals surface area contributed by atoms with Gasteiger partial charge in [-0.2, -0.15) is 10.2 Å². The second-order valence-corrected chi connectivity index (χ2v) is 6.66. The fraction of sp³-hybridized carbons (Fsp3) is 0.250. The molecule has 3 rings (SSSR count). The predicted molar refractivity (Wildman–Crippen MR) is 105 cm³/mol. The van der Waals surface area contributed by atoms with Gasteiger partial charge in [0.15, 0.2) is 0 Å². The van der Waals surface area contributed by atoms with E-state index in [1.807, 2.05) is 36.7 Å². The minimum atomic E-state index is -0.140. The molecule has 6 nitrogen and oxygen atoms in total. The lowest BCUT2D eigenvalue weighted by Crippen LogP contribution is -2.06. The Hall–Kier alpha value is -2.86. The minimum absolute atomic E-state index is 0.140. The number of allylic oxidation sites excluding steroid dienone is 1. The molecule has 0 atom stereocenters. The number of carbonyl (C=O) groups is 1. The van der Waals surface area contributed by atoms with Crippen LogP contribution in [0.25, 0.3) is 6.08 Å². The molecule has 0 aliphatic heterocycles. The SMILES string of the molecule is COc1ccc(/C=C/C(=O)c2ccn(C)n2)cc1Cn1nc(C)c(Cl)c1C. The van der Waals surface area contributed by atoms with Gasteiger partial charge >= 0.3 is 0 Å². The van der Waals surface area contributed by atoms with Gasteiger partial charge in [0.1, 0.15) is 11.4 Å². The monoisotopic (exact) mass is 384 g/mol.